The fraction of sp³-hybridized carbons (Fsp3) is 0.429. The van der Waals surface area contributed by atoms with Crippen molar-refractivity contribution in [2.45, 2.75) is 18.6 Å². The highest BCUT2D eigenvalue weighted by Crippen LogP contribution is 2.20. The molecule has 1 aliphatic rings. The van der Waals surface area contributed by atoms with Gasteiger partial charge in [0.2, 0.25) is 0 Å². The van der Waals surface area contributed by atoms with Gasteiger partial charge in [0.05, 0.1) is 0 Å². The molecule has 4 nitrogen and oxygen atoms in total. The minimum atomic E-state index is -1.35. The van der Waals surface area contributed by atoms with E-state index < -0.39 is 16.6 Å². The van der Waals surface area contributed by atoms with Crippen molar-refractivity contribution in [2.75, 3.05) is 0 Å². The molecular formula is C7H9NO3. The minimum absolute atomic E-state index is 0.488. The first-order valence-electron chi connectivity index (χ1n) is 3.26. The van der Waals surface area contributed by atoms with E-state index in [1.165, 1.54) is 19.1 Å². The molecule has 0 saturated carbocycles. The van der Waals surface area contributed by atoms with Crippen molar-refractivity contribution in [3.8, 4) is 0 Å². The van der Waals surface area contributed by atoms with Gasteiger partial charge in [-0.3, -0.25) is 10.1 Å². The van der Waals surface area contributed by atoms with Crippen LogP contribution >= 0.6 is 0 Å². The van der Waals surface area contributed by atoms with E-state index in [0.717, 1.165) is 0 Å². The summed E-state index contributed by atoms with van der Waals surface area (Å²) in [5, 5.41) is 19.7. The Balaban J connectivity index is 2.94. The molecule has 0 fully saturated rings. The normalized spacial score (nSPS) is 35.6. The molecular weight excluding hydrogens is 146 g/mol. The van der Waals surface area contributed by atoms with E-state index in [4.69, 9.17) is 0 Å². The maximum absolute atomic E-state index is 10.4. The number of hydrogen-bond acceptors (Lipinski definition) is 3. The zero-order valence-electron chi connectivity index (χ0n) is 6.10. The number of aliphatic hydroxyl groups excluding tert-OH is 1. The second-order valence-electron chi connectivity index (χ2n) is 2.67. The predicted molar refractivity (Wildman–Crippen MR) is 39.7 cm³/mol. The number of rotatable bonds is 1. The van der Waals surface area contributed by atoms with E-state index in [-0.39, 0.29) is 0 Å². The molecule has 1 N–H and O–H groups in total. The summed E-state index contributed by atoms with van der Waals surface area (Å²) >= 11 is 0. The van der Waals surface area contributed by atoms with E-state index in [0.29, 0.717) is 0 Å². The van der Waals surface area contributed by atoms with Crippen LogP contribution in [0, 0.1) is 10.1 Å². The fourth-order valence-corrected chi connectivity index (χ4v) is 0.882. The summed E-state index contributed by atoms with van der Waals surface area (Å²) < 4.78 is 0. The molecule has 0 amide bonds. The Morgan fingerprint density at radius 1 is 1.64 bits per heavy atom. The maximum Gasteiger partial charge on any atom is 0.266 e. The summed E-state index contributed by atoms with van der Waals surface area (Å²) in [5.74, 6) is 0. The standard InChI is InChI=1S/C7H9NO3/c1-7(8(10)11)5-3-2-4-6(7)9/h2-6,9H,1H3/t6-,7+/m0/s1. The number of allylic oxidation sites excluding steroid dienone is 2. The van der Waals surface area contributed by atoms with Crippen LogP contribution in [0.4, 0.5) is 0 Å². The molecule has 0 bridgehead atoms. The molecule has 0 radical (unpaired) electrons. The fourth-order valence-electron chi connectivity index (χ4n) is 0.882. The lowest BCUT2D eigenvalue weighted by atomic mass is 9.91. The predicted octanol–water partition coefficient (Wildman–Crippen LogP) is 0.509. The average Bonchev–Trinajstić information content (AvgIpc) is 1.95. The maximum atomic E-state index is 10.4. The first-order chi connectivity index (χ1) is 5.07. The van der Waals surface area contributed by atoms with Crippen molar-refractivity contribution < 1.29 is 10.0 Å². The minimum Gasteiger partial charge on any atom is -0.381 e. The third kappa shape index (κ3) is 1.17. The molecule has 11 heavy (non-hydrogen) atoms. The summed E-state index contributed by atoms with van der Waals surface area (Å²) in [7, 11) is 0. The van der Waals surface area contributed by atoms with Gasteiger partial charge in [0, 0.05) is 11.8 Å². The van der Waals surface area contributed by atoms with Gasteiger partial charge >= 0.3 is 0 Å². The Labute approximate surface area is 64.0 Å². The van der Waals surface area contributed by atoms with Crippen molar-refractivity contribution in [1.29, 1.82) is 0 Å². The zero-order valence-corrected chi connectivity index (χ0v) is 6.10. The van der Waals surface area contributed by atoms with Gasteiger partial charge in [0.15, 0.2) is 0 Å². The summed E-state index contributed by atoms with van der Waals surface area (Å²) in [6.45, 7) is 1.39. The summed E-state index contributed by atoms with van der Waals surface area (Å²) in [6.07, 6.45) is 4.92. The Morgan fingerprint density at radius 2 is 2.27 bits per heavy atom. The monoisotopic (exact) mass is 155 g/mol. The van der Waals surface area contributed by atoms with Crippen LogP contribution in [0.1, 0.15) is 6.92 Å². The molecule has 2 atom stereocenters. The Bertz CT molecular complexity index is 234. The molecule has 0 aromatic carbocycles. The number of hydrogen-bond donors (Lipinski definition) is 1. The molecule has 0 aromatic heterocycles. The molecule has 0 aliphatic heterocycles. The van der Waals surface area contributed by atoms with Gasteiger partial charge in [-0.2, -0.15) is 0 Å². The quantitative estimate of drug-likeness (QED) is 0.443. The van der Waals surface area contributed by atoms with Crippen molar-refractivity contribution in [2.24, 2.45) is 0 Å². The molecule has 0 saturated heterocycles. The number of nitrogens with zero attached hydrogens (tertiary/aromatic N) is 1. The number of nitro groups is 1. The second-order valence-corrected chi connectivity index (χ2v) is 2.67. The molecule has 0 unspecified atom stereocenters. The van der Waals surface area contributed by atoms with Crippen molar-refractivity contribution >= 4 is 0 Å². The lowest BCUT2D eigenvalue weighted by Crippen LogP contribution is -2.44. The first-order valence-corrected chi connectivity index (χ1v) is 3.26. The van der Waals surface area contributed by atoms with Gasteiger partial charge in [-0.25, -0.2) is 0 Å². The van der Waals surface area contributed by atoms with Gasteiger partial charge in [-0.15, -0.1) is 0 Å². The third-order valence-electron chi connectivity index (χ3n) is 1.83. The SMILES string of the molecule is C[C@@]1([N+](=O)[O-])C=CC=C[C@@H]1O. The first kappa shape index (κ1) is 7.94. The summed E-state index contributed by atoms with van der Waals surface area (Å²) in [4.78, 5) is 9.96. The molecule has 0 aromatic rings. The Kier molecular flexibility index (Phi) is 1.78. The summed E-state index contributed by atoms with van der Waals surface area (Å²) in [5.41, 5.74) is -1.35. The lowest BCUT2D eigenvalue weighted by molar-refractivity contribution is -0.560. The van der Waals surface area contributed by atoms with Gasteiger partial charge in [0.25, 0.3) is 5.54 Å². The lowest BCUT2D eigenvalue weighted by Gasteiger charge is -2.22. The van der Waals surface area contributed by atoms with Crippen LogP contribution in [-0.4, -0.2) is 21.7 Å². The molecule has 0 spiro atoms. The van der Waals surface area contributed by atoms with E-state index >= 15 is 0 Å². The molecule has 60 valence electrons. The van der Waals surface area contributed by atoms with Gasteiger partial charge < -0.3 is 5.11 Å². The zero-order chi connectivity index (χ0) is 8.48. The highest BCUT2D eigenvalue weighted by atomic mass is 16.6. The Hall–Kier alpha value is -1.16. The molecule has 1 rings (SSSR count). The van der Waals surface area contributed by atoms with Crippen LogP contribution in [0.25, 0.3) is 0 Å². The van der Waals surface area contributed by atoms with Crippen LogP contribution in [-0.2, 0) is 0 Å². The van der Waals surface area contributed by atoms with Gasteiger partial charge in [-0.1, -0.05) is 12.2 Å². The smallest absolute Gasteiger partial charge is 0.266 e. The van der Waals surface area contributed by atoms with Crippen LogP contribution in [0.5, 0.6) is 0 Å². The topological polar surface area (TPSA) is 63.4 Å². The molecule has 4 heteroatoms. The van der Waals surface area contributed by atoms with Crippen LogP contribution in [0.15, 0.2) is 24.3 Å². The highest BCUT2D eigenvalue weighted by Gasteiger charge is 2.42. The van der Waals surface area contributed by atoms with Crippen molar-refractivity contribution in [3.63, 3.8) is 0 Å². The van der Waals surface area contributed by atoms with Gasteiger partial charge in [0.1, 0.15) is 6.10 Å². The van der Waals surface area contributed by atoms with E-state index in [1.807, 2.05) is 0 Å². The third-order valence-corrected chi connectivity index (χ3v) is 1.83. The van der Waals surface area contributed by atoms with Crippen LogP contribution < -0.4 is 0 Å². The number of aliphatic hydroxyl groups is 1. The van der Waals surface area contributed by atoms with E-state index in [2.05, 4.69) is 0 Å². The Morgan fingerprint density at radius 3 is 2.64 bits per heavy atom. The second kappa shape index (κ2) is 2.47. The highest BCUT2D eigenvalue weighted by molar-refractivity contribution is 5.21. The summed E-state index contributed by atoms with van der Waals surface area (Å²) in [6, 6.07) is 0. The van der Waals surface area contributed by atoms with Gasteiger partial charge in [-0.05, 0) is 12.2 Å². The molecule has 0 heterocycles. The largest absolute Gasteiger partial charge is 0.381 e. The van der Waals surface area contributed by atoms with Crippen LogP contribution in [0.3, 0.4) is 0 Å². The van der Waals surface area contributed by atoms with Crippen molar-refractivity contribution in [3.05, 3.63) is 34.4 Å². The van der Waals surface area contributed by atoms with E-state index in [1.54, 1.807) is 12.2 Å². The van der Waals surface area contributed by atoms with Crippen molar-refractivity contribution in [1.82, 2.24) is 0 Å². The van der Waals surface area contributed by atoms with Crippen LogP contribution in [0.2, 0.25) is 0 Å². The molecule has 1 aliphatic carbocycles. The average molecular weight is 155 g/mol. The van der Waals surface area contributed by atoms with E-state index in [9.17, 15) is 15.2 Å².